The van der Waals surface area contributed by atoms with Crippen molar-refractivity contribution in [1.82, 2.24) is 0 Å². The lowest BCUT2D eigenvalue weighted by Crippen LogP contribution is -2.33. The Balaban J connectivity index is 4.17. The van der Waals surface area contributed by atoms with Gasteiger partial charge in [-0.1, -0.05) is 6.08 Å². The Kier molecular flexibility index (Phi) is 3.68. The van der Waals surface area contributed by atoms with E-state index in [-0.39, 0.29) is 6.61 Å². The predicted molar refractivity (Wildman–Crippen MR) is 36.5 cm³/mol. The molecule has 4 N–H and O–H groups in total. The van der Waals surface area contributed by atoms with E-state index in [1.54, 1.807) is 6.92 Å². The number of carboxylic acids is 1. The van der Waals surface area contributed by atoms with Gasteiger partial charge >= 0.3 is 5.97 Å². The van der Waals surface area contributed by atoms with Gasteiger partial charge in [0, 0.05) is 0 Å². The molecule has 0 aliphatic heterocycles. The lowest BCUT2D eigenvalue weighted by molar-refractivity contribution is -0.137. The zero-order valence-corrected chi connectivity index (χ0v) is 5.74. The summed E-state index contributed by atoms with van der Waals surface area (Å²) >= 11 is 0. The molecule has 1 atom stereocenters. The zero-order valence-electron chi connectivity index (χ0n) is 5.74. The van der Waals surface area contributed by atoms with E-state index in [4.69, 9.17) is 15.9 Å². The third-order valence-corrected chi connectivity index (χ3v) is 1.22. The summed E-state index contributed by atoms with van der Waals surface area (Å²) in [4.78, 5) is 10.2. The summed E-state index contributed by atoms with van der Waals surface area (Å²) in [7, 11) is 0. The Morgan fingerprint density at radius 2 is 2.30 bits per heavy atom. The fourth-order valence-electron chi connectivity index (χ4n) is 0.528. The molecule has 0 amide bonds. The smallest absolute Gasteiger partial charge is 0.324 e. The minimum atomic E-state index is -1.12. The largest absolute Gasteiger partial charge is 0.480 e. The fourth-order valence-corrected chi connectivity index (χ4v) is 0.528. The van der Waals surface area contributed by atoms with Crippen LogP contribution in [0.15, 0.2) is 11.6 Å². The summed E-state index contributed by atoms with van der Waals surface area (Å²) in [6, 6.07) is -1.07. The molecule has 0 aromatic carbocycles. The van der Waals surface area contributed by atoms with Gasteiger partial charge in [0.25, 0.3) is 0 Å². The summed E-state index contributed by atoms with van der Waals surface area (Å²) in [5.74, 6) is -1.12. The molecular formula is C6H11NO3. The Bertz CT molecular complexity index is 153. The number of aliphatic hydroxyl groups excluding tert-OH is 1. The second-order valence-electron chi connectivity index (χ2n) is 1.84. The molecule has 0 fully saturated rings. The van der Waals surface area contributed by atoms with E-state index >= 15 is 0 Å². The highest BCUT2D eigenvalue weighted by Gasteiger charge is 2.14. The molecular weight excluding hydrogens is 134 g/mol. The van der Waals surface area contributed by atoms with Crippen LogP contribution in [0.2, 0.25) is 0 Å². The van der Waals surface area contributed by atoms with Gasteiger partial charge in [0.05, 0.1) is 6.61 Å². The van der Waals surface area contributed by atoms with Crippen LogP contribution in [0.4, 0.5) is 0 Å². The van der Waals surface area contributed by atoms with E-state index in [0.717, 1.165) is 0 Å². The molecule has 4 heteroatoms. The first-order valence-corrected chi connectivity index (χ1v) is 2.87. The highest BCUT2D eigenvalue weighted by molar-refractivity contribution is 5.77. The van der Waals surface area contributed by atoms with Crippen molar-refractivity contribution in [2.75, 3.05) is 6.61 Å². The molecule has 0 aliphatic carbocycles. The Labute approximate surface area is 59.0 Å². The van der Waals surface area contributed by atoms with Crippen LogP contribution in [-0.2, 0) is 4.79 Å². The predicted octanol–water partition coefficient (Wildman–Crippen LogP) is -0.663. The van der Waals surface area contributed by atoms with E-state index in [2.05, 4.69) is 0 Å². The molecule has 0 heterocycles. The normalized spacial score (nSPS) is 14.9. The van der Waals surface area contributed by atoms with E-state index in [1.165, 1.54) is 6.08 Å². The molecule has 0 aromatic rings. The molecule has 10 heavy (non-hydrogen) atoms. The van der Waals surface area contributed by atoms with Gasteiger partial charge < -0.3 is 15.9 Å². The summed E-state index contributed by atoms with van der Waals surface area (Å²) in [5.41, 5.74) is 5.48. The van der Waals surface area contributed by atoms with Gasteiger partial charge in [-0.05, 0) is 12.5 Å². The second-order valence-corrected chi connectivity index (χ2v) is 1.84. The lowest BCUT2D eigenvalue weighted by atomic mass is 10.1. The standard InChI is InChI=1S/C6H11NO3/c1-2-4(3-8)5(7)6(9)10/h2,5,8H,3,7H2,1H3,(H,9,10)/t5-/m0/s1. The quantitative estimate of drug-likeness (QED) is 0.460. The number of hydrogen-bond acceptors (Lipinski definition) is 3. The highest BCUT2D eigenvalue weighted by Crippen LogP contribution is 1.97. The Morgan fingerprint density at radius 1 is 1.80 bits per heavy atom. The molecule has 0 radical (unpaired) electrons. The summed E-state index contributed by atoms with van der Waals surface area (Å²) < 4.78 is 0. The van der Waals surface area contributed by atoms with Crippen LogP contribution in [0.1, 0.15) is 6.92 Å². The minimum Gasteiger partial charge on any atom is -0.480 e. The minimum absolute atomic E-state index is 0.302. The van der Waals surface area contributed by atoms with Crippen molar-refractivity contribution in [2.45, 2.75) is 13.0 Å². The van der Waals surface area contributed by atoms with Crippen LogP contribution in [0.3, 0.4) is 0 Å². The van der Waals surface area contributed by atoms with Gasteiger partial charge in [-0.3, -0.25) is 4.79 Å². The van der Waals surface area contributed by atoms with Gasteiger partial charge in [0.2, 0.25) is 0 Å². The van der Waals surface area contributed by atoms with Crippen molar-refractivity contribution in [3.63, 3.8) is 0 Å². The van der Waals surface area contributed by atoms with Crippen molar-refractivity contribution in [3.8, 4) is 0 Å². The molecule has 0 spiro atoms. The summed E-state index contributed by atoms with van der Waals surface area (Å²) in [5, 5.41) is 16.9. The van der Waals surface area contributed by atoms with Crippen LogP contribution >= 0.6 is 0 Å². The number of aliphatic hydroxyl groups is 1. The number of allylic oxidation sites excluding steroid dienone is 1. The first-order chi connectivity index (χ1) is 4.63. The van der Waals surface area contributed by atoms with E-state index in [1.807, 2.05) is 0 Å². The molecule has 0 unspecified atom stereocenters. The average Bonchev–Trinajstić information content (AvgIpc) is 1.90. The summed E-state index contributed by atoms with van der Waals surface area (Å²) in [6.45, 7) is 1.33. The molecule has 0 bridgehead atoms. The van der Waals surface area contributed by atoms with Crippen LogP contribution < -0.4 is 5.73 Å². The van der Waals surface area contributed by atoms with Crippen molar-refractivity contribution in [2.24, 2.45) is 5.73 Å². The molecule has 0 rings (SSSR count). The lowest BCUT2D eigenvalue weighted by Gasteiger charge is -2.06. The van der Waals surface area contributed by atoms with Crippen LogP contribution in [-0.4, -0.2) is 28.8 Å². The Morgan fingerprint density at radius 3 is 2.40 bits per heavy atom. The zero-order chi connectivity index (χ0) is 8.15. The van der Waals surface area contributed by atoms with Gasteiger partial charge in [-0.15, -0.1) is 0 Å². The molecule has 4 nitrogen and oxygen atoms in total. The molecule has 0 saturated heterocycles. The summed E-state index contributed by atoms with van der Waals surface area (Å²) in [6.07, 6.45) is 1.50. The fraction of sp³-hybridized carbons (Fsp3) is 0.500. The SMILES string of the molecule is CC=C(CO)[C@H](N)C(=O)O. The highest BCUT2D eigenvalue weighted by atomic mass is 16.4. The molecule has 58 valence electrons. The average molecular weight is 145 g/mol. The van der Waals surface area contributed by atoms with Crippen LogP contribution in [0.25, 0.3) is 0 Å². The molecule has 0 saturated carbocycles. The van der Waals surface area contributed by atoms with Crippen molar-refractivity contribution in [1.29, 1.82) is 0 Å². The van der Waals surface area contributed by atoms with E-state index < -0.39 is 12.0 Å². The topological polar surface area (TPSA) is 83.5 Å². The van der Waals surface area contributed by atoms with Crippen molar-refractivity contribution < 1.29 is 15.0 Å². The van der Waals surface area contributed by atoms with Crippen molar-refractivity contribution in [3.05, 3.63) is 11.6 Å². The third-order valence-electron chi connectivity index (χ3n) is 1.22. The monoisotopic (exact) mass is 145 g/mol. The first kappa shape index (κ1) is 9.13. The molecule has 0 aliphatic rings. The maximum absolute atomic E-state index is 10.2. The van der Waals surface area contributed by atoms with E-state index in [9.17, 15) is 4.79 Å². The number of carbonyl (C=O) groups is 1. The second kappa shape index (κ2) is 4.03. The van der Waals surface area contributed by atoms with Crippen LogP contribution in [0.5, 0.6) is 0 Å². The third kappa shape index (κ3) is 2.16. The maximum Gasteiger partial charge on any atom is 0.324 e. The number of hydrogen-bond donors (Lipinski definition) is 3. The first-order valence-electron chi connectivity index (χ1n) is 2.87. The van der Waals surface area contributed by atoms with E-state index in [0.29, 0.717) is 5.57 Å². The number of nitrogens with two attached hydrogens (primary N) is 1. The number of carboxylic acid groups (broad SMARTS) is 1. The van der Waals surface area contributed by atoms with Crippen molar-refractivity contribution >= 4 is 5.97 Å². The van der Waals surface area contributed by atoms with Crippen LogP contribution in [0, 0.1) is 0 Å². The Hall–Kier alpha value is -0.870. The number of aliphatic carboxylic acids is 1. The van der Waals surface area contributed by atoms with Gasteiger partial charge in [-0.25, -0.2) is 0 Å². The van der Waals surface area contributed by atoms with Gasteiger partial charge in [-0.2, -0.15) is 0 Å². The maximum atomic E-state index is 10.2. The number of rotatable bonds is 3. The van der Waals surface area contributed by atoms with Gasteiger partial charge in [0.15, 0.2) is 0 Å². The molecule has 0 aromatic heterocycles. The van der Waals surface area contributed by atoms with Gasteiger partial charge in [0.1, 0.15) is 6.04 Å².